The van der Waals surface area contributed by atoms with Gasteiger partial charge in [-0.2, -0.15) is 0 Å². The molecule has 6 rings (SSSR count). The molecular formula is C40H48N8NiO4+2. The predicted octanol–water partition coefficient (Wildman–Crippen LogP) is 5.56. The van der Waals surface area contributed by atoms with Crippen LogP contribution in [0, 0.1) is 13.8 Å². The molecule has 2 aliphatic rings. The Morgan fingerprint density at radius 2 is 0.774 bits per heavy atom. The molecule has 4 aromatic carbocycles. The van der Waals surface area contributed by atoms with E-state index in [1.807, 2.05) is 109 Å². The van der Waals surface area contributed by atoms with E-state index < -0.39 is 0 Å². The molecule has 2 aliphatic heterocycles. The van der Waals surface area contributed by atoms with Gasteiger partial charge in [0.2, 0.25) is 0 Å². The molecule has 13 heteroatoms. The van der Waals surface area contributed by atoms with Crippen molar-refractivity contribution < 1.29 is 37.3 Å². The SMILES string of the molecule is Cc1ccc(C(=N\O)/C(=N/O)N2CCN(Cc3ccccc3)CC2)cc1.Cc1ccc(C(=N\O)/C(=N/O)N2CCN(Cc3ccccc3)CC2)cc1.[Ni+2]. The zero-order valence-corrected chi connectivity index (χ0v) is 31.1. The minimum absolute atomic E-state index is 0. The summed E-state index contributed by atoms with van der Waals surface area (Å²) >= 11 is 0. The second kappa shape index (κ2) is 20.7. The molecule has 12 nitrogen and oxygen atoms in total. The minimum atomic E-state index is 0. The molecule has 280 valence electrons. The van der Waals surface area contributed by atoms with Crippen LogP contribution < -0.4 is 0 Å². The van der Waals surface area contributed by atoms with E-state index in [2.05, 4.69) is 54.7 Å². The Bertz CT molecular complexity index is 1670. The van der Waals surface area contributed by atoms with E-state index in [-0.39, 0.29) is 27.9 Å². The van der Waals surface area contributed by atoms with Gasteiger partial charge in [-0.05, 0) is 25.0 Å². The number of rotatable bonds is 8. The van der Waals surface area contributed by atoms with E-state index in [1.165, 1.54) is 11.1 Å². The Hall–Kier alpha value is -5.23. The average molecular weight is 764 g/mol. The normalized spacial score (nSPS) is 16.4. The number of hydrogen-bond acceptors (Lipinski definition) is 10. The van der Waals surface area contributed by atoms with Crippen molar-refractivity contribution >= 4 is 23.1 Å². The first kappa shape index (κ1) is 40.5. The zero-order chi connectivity index (χ0) is 36.7. The van der Waals surface area contributed by atoms with Crippen molar-refractivity contribution in [3.8, 4) is 0 Å². The quantitative estimate of drug-likeness (QED) is 0.0602. The molecule has 0 saturated carbocycles. The van der Waals surface area contributed by atoms with Gasteiger partial charge in [0, 0.05) is 76.6 Å². The number of amidine groups is 2. The largest absolute Gasteiger partial charge is 2.00 e. The van der Waals surface area contributed by atoms with Crippen LogP contribution in [-0.2, 0) is 29.6 Å². The fraction of sp³-hybridized carbons (Fsp3) is 0.300. The molecule has 0 atom stereocenters. The van der Waals surface area contributed by atoms with Crippen molar-refractivity contribution in [2.75, 3.05) is 52.4 Å². The first-order valence-electron chi connectivity index (χ1n) is 17.5. The molecule has 0 spiro atoms. The van der Waals surface area contributed by atoms with Crippen molar-refractivity contribution in [2.45, 2.75) is 26.9 Å². The molecule has 4 N–H and O–H groups in total. The van der Waals surface area contributed by atoms with Crippen molar-refractivity contribution in [2.24, 2.45) is 20.6 Å². The first-order valence-corrected chi connectivity index (χ1v) is 17.5. The van der Waals surface area contributed by atoms with Crippen molar-refractivity contribution in [1.82, 2.24) is 19.6 Å². The van der Waals surface area contributed by atoms with Crippen molar-refractivity contribution in [3.63, 3.8) is 0 Å². The van der Waals surface area contributed by atoms with Crippen LogP contribution in [0.3, 0.4) is 0 Å². The van der Waals surface area contributed by atoms with Crippen LogP contribution in [0.5, 0.6) is 0 Å². The van der Waals surface area contributed by atoms with E-state index in [0.29, 0.717) is 37.9 Å². The number of hydrogen-bond donors (Lipinski definition) is 4. The van der Waals surface area contributed by atoms with E-state index in [1.54, 1.807) is 0 Å². The second-order valence-corrected chi connectivity index (χ2v) is 13.0. The van der Waals surface area contributed by atoms with Gasteiger partial charge in [0.25, 0.3) is 0 Å². The van der Waals surface area contributed by atoms with Crippen molar-refractivity contribution in [3.05, 3.63) is 143 Å². The van der Waals surface area contributed by atoms with Crippen LogP contribution in [0.25, 0.3) is 0 Å². The summed E-state index contributed by atoms with van der Waals surface area (Å²) in [7, 11) is 0. The van der Waals surface area contributed by atoms with Gasteiger partial charge < -0.3 is 30.6 Å². The Morgan fingerprint density at radius 1 is 0.453 bits per heavy atom. The molecule has 0 aliphatic carbocycles. The topological polar surface area (TPSA) is 143 Å². The van der Waals surface area contributed by atoms with Gasteiger partial charge in [-0.3, -0.25) is 9.80 Å². The molecule has 0 bridgehead atoms. The maximum absolute atomic E-state index is 9.54. The van der Waals surface area contributed by atoms with Crippen molar-refractivity contribution in [1.29, 1.82) is 0 Å². The van der Waals surface area contributed by atoms with E-state index in [4.69, 9.17) is 0 Å². The Kier molecular flexibility index (Phi) is 15.8. The fourth-order valence-electron chi connectivity index (χ4n) is 6.33. The number of oxime groups is 4. The van der Waals surface area contributed by atoms with E-state index in [9.17, 15) is 20.8 Å². The molecule has 0 aromatic heterocycles. The third-order valence-electron chi connectivity index (χ3n) is 9.30. The van der Waals surface area contributed by atoms with E-state index in [0.717, 1.165) is 61.5 Å². The van der Waals surface area contributed by atoms with Gasteiger partial charge in [0.05, 0.1) is 0 Å². The molecule has 0 unspecified atom stereocenters. The zero-order valence-electron chi connectivity index (χ0n) is 30.1. The van der Waals surface area contributed by atoms with Gasteiger partial charge in [0.1, 0.15) is 0 Å². The predicted molar refractivity (Wildman–Crippen MR) is 204 cm³/mol. The molecule has 53 heavy (non-hydrogen) atoms. The first-order chi connectivity index (χ1) is 25.4. The van der Waals surface area contributed by atoms with Gasteiger partial charge >= 0.3 is 16.5 Å². The van der Waals surface area contributed by atoms with Gasteiger partial charge in [-0.1, -0.05) is 141 Å². The number of piperazine rings is 2. The number of nitrogens with zero attached hydrogens (tertiary/aromatic N) is 8. The number of aryl methyl sites for hydroxylation is 2. The third-order valence-corrected chi connectivity index (χ3v) is 9.30. The summed E-state index contributed by atoms with van der Waals surface area (Å²) in [5, 5.41) is 51.7. The van der Waals surface area contributed by atoms with Crippen LogP contribution in [-0.4, -0.2) is 116 Å². The molecule has 0 radical (unpaired) electrons. The van der Waals surface area contributed by atoms with Gasteiger partial charge in [-0.25, -0.2) is 0 Å². The Morgan fingerprint density at radius 3 is 1.06 bits per heavy atom. The molecular weight excluding hydrogens is 715 g/mol. The standard InChI is InChI=1S/2C20H24N4O2.Ni/c2*1-16-7-9-18(10-8-16)19(21-25)20(22-26)24-13-11-23(12-14-24)15-17-5-3-2-4-6-17;/h2*2-10,25-26H,11-15H2,1H3;/q;;+2/b2*21-19+,22-20-;. The monoisotopic (exact) mass is 762 g/mol. The maximum atomic E-state index is 9.54. The Balaban J connectivity index is 0.000000232. The summed E-state index contributed by atoms with van der Waals surface area (Å²) in [4.78, 5) is 8.64. The summed E-state index contributed by atoms with van der Waals surface area (Å²) in [5.74, 6) is 0.603. The van der Waals surface area contributed by atoms with Crippen LogP contribution in [0.1, 0.15) is 33.4 Å². The van der Waals surface area contributed by atoms with E-state index >= 15 is 0 Å². The van der Waals surface area contributed by atoms with Crippen LogP contribution in [0.2, 0.25) is 0 Å². The molecule has 2 saturated heterocycles. The molecule has 2 fully saturated rings. The van der Waals surface area contributed by atoms with Crippen LogP contribution in [0.4, 0.5) is 0 Å². The molecule has 0 amide bonds. The van der Waals surface area contributed by atoms with Gasteiger partial charge in [0.15, 0.2) is 23.1 Å². The minimum Gasteiger partial charge on any atom is -0.410 e. The average Bonchev–Trinajstić information content (AvgIpc) is 3.19. The maximum Gasteiger partial charge on any atom is 2.00 e. The molecule has 2 heterocycles. The summed E-state index contributed by atoms with van der Waals surface area (Å²) in [6.45, 7) is 12.0. The van der Waals surface area contributed by atoms with Crippen LogP contribution in [0.15, 0.2) is 130 Å². The van der Waals surface area contributed by atoms with Crippen LogP contribution >= 0.6 is 0 Å². The smallest absolute Gasteiger partial charge is 0.410 e. The Labute approximate surface area is 321 Å². The summed E-state index contributed by atoms with van der Waals surface area (Å²) < 4.78 is 0. The summed E-state index contributed by atoms with van der Waals surface area (Å²) in [6, 6.07) is 35.9. The molecule has 4 aromatic rings. The fourth-order valence-corrected chi connectivity index (χ4v) is 6.33. The third kappa shape index (κ3) is 11.4. The number of benzene rings is 4. The summed E-state index contributed by atoms with van der Waals surface area (Å²) in [6.07, 6.45) is 0. The van der Waals surface area contributed by atoms with Gasteiger partial charge in [-0.15, -0.1) is 0 Å². The summed E-state index contributed by atoms with van der Waals surface area (Å²) in [5.41, 5.74) is 6.80. The second-order valence-electron chi connectivity index (χ2n) is 13.0.